The number of sulfonamides is 1. The van der Waals surface area contributed by atoms with E-state index in [-0.39, 0.29) is 11.6 Å². The van der Waals surface area contributed by atoms with Gasteiger partial charge in [0.25, 0.3) is 5.69 Å². The predicted octanol–water partition coefficient (Wildman–Crippen LogP) is 1.09. The normalized spacial score (nSPS) is 11.1. The van der Waals surface area contributed by atoms with Crippen LogP contribution in [0.15, 0.2) is 23.1 Å². The molecule has 20 heavy (non-hydrogen) atoms. The SMILES string of the molecule is CCOC(=O)CNS(=O)(=O)c1cc([N+](=O)[O-])ccc1Cl. The topological polar surface area (TPSA) is 116 Å². The van der Waals surface area contributed by atoms with Gasteiger partial charge in [-0.1, -0.05) is 11.6 Å². The third kappa shape index (κ3) is 4.15. The summed E-state index contributed by atoms with van der Waals surface area (Å²) in [5, 5.41) is 10.4. The van der Waals surface area contributed by atoms with Crippen molar-refractivity contribution in [1.82, 2.24) is 4.72 Å². The first kappa shape index (κ1) is 16.3. The Labute approximate surface area is 119 Å². The summed E-state index contributed by atoms with van der Waals surface area (Å²) in [4.78, 5) is 20.5. The Bertz CT molecular complexity index is 631. The summed E-state index contributed by atoms with van der Waals surface area (Å²) < 4.78 is 30.3. The third-order valence-electron chi connectivity index (χ3n) is 2.13. The molecular weight excluding hydrogens is 312 g/mol. The summed E-state index contributed by atoms with van der Waals surface area (Å²) in [6, 6.07) is 2.99. The summed E-state index contributed by atoms with van der Waals surface area (Å²) in [7, 11) is -4.15. The van der Waals surface area contributed by atoms with Gasteiger partial charge in [-0.2, -0.15) is 4.72 Å². The van der Waals surface area contributed by atoms with E-state index in [1.54, 1.807) is 6.92 Å². The second-order valence-electron chi connectivity index (χ2n) is 3.50. The van der Waals surface area contributed by atoms with Gasteiger partial charge in [-0.3, -0.25) is 14.9 Å². The number of non-ortho nitro benzene ring substituents is 1. The fraction of sp³-hybridized carbons (Fsp3) is 0.300. The molecule has 0 aliphatic carbocycles. The van der Waals surface area contributed by atoms with Crippen LogP contribution in [-0.2, 0) is 19.6 Å². The van der Waals surface area contributed by atoms with Crippen molar-refractivity contribution in [1.29, 1.82) is 0 Å². The zero-order chi connectivity index (χ0) is 15.3. The summed E-state index contributed by atoms with van der Waals surface area (Å²) >= 11 is 5.70. The Kier molecular flexibility index (Phi) is 5.43. The molecule has 10 heteroatoms. The van der Waals surface area contributed by atoms with E-state index in [4.69, 9.17) is 11.6 Å². The molecule has 0 saturated carbocycles. The standard InChI is InChI=1S/C10H11ClN2O6S/c1-2-19-10(14)6-12-20(17,18)9-5-7(13(15)16)3-4-8(9)11/h3-5,12H,2,6H2,1H3. The van der Waals surface area contributed by atoms with E-state index in [9.17, 15) is 23.3 Å². The summed E-state index contributed by atoms with van der Waals surface area (Å²) in [6.07, 6.45) is 0. The molecule has 0 aliphatic heterocycles. The van der Waals surface area contributed by atoms with E-state index in [1.165, 1.54) is 0 Å². The van der Waals surface area contributed by atoms with Gasteiger partial charge in [0, 0.05) is 12.1 Å². The van der Waals surface area contributed by atoms with E-state index >= 15 is 0 Å². The maximum absolute atomic E-state index is 11.9. The number of carbonyl (C=O) groups excluding carboxylic acids is 1. The fourth-order valence-electron chi connectivity index (χ4n) is 1.26. The van der Waals surface area contributed by atoms with Gasteiger partial charge >= 0.3 is 5.97 Å². The number of ether oxygens (including phenoxy) is 1. The van der Waals surface area contributed by atoms with Gasteiger partial charge in [0.05, 0.1) is 16.6 Å². The molecule has 0 heterocycles. The van der Waals surface area contributed by atoms with E-state index < -0.39 is 38.0 Å². The molecule has 0 atom stereocenters. The second-order valence-corrected chi connectivity index (χ2v) is 5.64. The van der Waals surface area contributed by atoms with Gasteiger partial charge in [0.15, 0.2) is 0 Å². The molecule has 1 aromatic carbocycles. The first-order valence-corrected chi connectivity index (χ1v) is 7.23. The minimum atomic E-state index is -4.15. The zero-order valence-corrected chi connectivity index (χ0v) is 11.9. The Balaban J connectivity index is 3.00. The average molecular weight is 323 g/mol. The molecule has 1 aromatic rings. The molecule has 1 N–H and O–H groups in total. The quantitative estimate of drug-likeness (QED) is 0.476. The smallest absolute Gasteiger partial charge is 0.321 e. The molecule has 0 bridgehead atoms. The minimum Gasteiger partial charge on any atom is -0.465 e. The maximum atomic E-state index is 11.9. The number of carbonyl (C=O) groups is 1. The van der Waals surface area contributed by atoms with Crippen LogP contribution in [0.25, 0.3) is 0 Å². The number of nitro groups is 1. The third-order valence-corrected chi connectivity index (χ3v) is 4.01. The van der Waals surface area contributed by atoms with Crippen LogP contribution in [0.4, 0.5) is 5.69 Å². The van der Waals surface area contributed by atoms with Crippen LogP contribution < -0.4 is 4.72 Å². The molecule has 8 nitrogen and oxygen atoms in total. The van der Waals surface area contributed by atoms with Gasteiger partial charge < -0.3 is 4.74 Å². The van der Waals surface area contributed by atoms with Gasteiger partial charge in [-0.05, 0) is 13.0 Å². The van der Waals surface area contributed by atoms with Crippen molar-refractivity contribution in [3.8, 4) is 0 Å². The van der Waals surface area contributed by atoms with Gasteiger partial charge in [0.2, 0.25) is 10.0 Å². The van der Waals surface area contributed by atoms with E-state index in [2.05, 4.69) is 4.74 Å². The molecule has 0 unspecified atom stereocenters. The lowest BCUT2D eigenvalue weighted by molar-refractivity contribution is -0.385. The number of hydrogen-bond acceptors (Lipinski definition) is 6. The van der Waals surface area contributed by atoms with Crippen molar-refractivity contribution in [2.45, 2.75) is 11.8 Å². The zero-order valence-electron chi connectivity index (χ0n) is 10.3. The highest BCUT2D eigenvalue weighted by Gasteiger charge is 2.22. The lowest BCUT2D eigenvalue weighted by Crippen LogP contribution is -2.31. The fourth-order valence-corrected chi connectivity index (χ4v) is 2.74. The van der Waals surface area contributed by atoms with Crippen LogP contribution >= 0.6 is 11.6 Å². The highest BCUT2D eigenvalue weighted by atomic mass is 35.5. The number of nitro benzene ring substituents is 1. The second kappa shape index (κ2) is 6.64. The maximum Gasteiger partial charge on any atom is 0.321 e. The highest BCUT2D eigenvalue weighted by molar-refractivity contribution is 7.89. The Morgan fingerprint density at radius 3 is 2.70 bits per heavy atom. The molecule has 0 amide bonds. The molecule has 0 fully saturated rings. The first-order chi connectivity index (χ1) is 9.27. The van der Waals surface area contributed by atoms with Crippen LogP contribution in [0.5, 0.6) is 0 Å². The largest absolute Gasteiger partial charge is 0.465 e. The minimum absolute atomic E-state index is 0.109. The van der Waals surface area contributed by atoms with E-state index in [0.717, 1.165) is 18.2 Å². The summed E-state index contributed by atoms with van der Waals surface area (Å²) in [5.41, 5.74) is -0.425. The van der Waals surface area contributed by atoms with Crippen LogP contribution in [0.3, 0.4) is 0 Å². The Morgan fingerprint density at radius 2 is 2.15 bits per heavy atom. The lowest BCUT2D eigenvalue weighted by Gasteiger charge is -2.07. The van der Waals surface area contributed by atoms with Gasteiger partial charge in [-0.25, -0.2) is 8.42 Å². The average Bonchev–Trinajstić information content (AvgIpc) is 2.37. The Morgan fingerprint density at radius 1 is 1.50 bits per heavy atom. The molecule has 0 aliphatic rings. The van der Waals surface area contributed by atoms with Crippen molar-refractivity contribution < 1.29 is 22.9 Å². The lowest BCUT2D eigenvalue weighted by atomic mass is 10.3. The van der Waals surface area contributed by atoms with Gasteiger partial charge in [0.1, 0.15) is 11.4 Å². The predicted molar refractivity (Wildman–Crippen MR) is 69.9 cm³/mol. The summed E-state index contributed by atoms with van der Waals surface area (Å²) in [6.45, 7) is 1.09. The van der Waals surface area contributed by atoms with Crippen molar-refractivity contribution in [3.05, 3.63) is 33.3 Å². The van der Waals surface area contributed by atoms with Crippen molar-refractivity contribution >= 4 is 33.3 Å². The monoisotopic (exact) mass is 322 g/mol. The molecular formula is C10H11ClN2O6S. The van der Waals surface area contributed by atoms with Crippen molar-refractivity contribution in [2.24, 2.45) is 0 Å². The molecule has 0 saturated heterocycles. The molecule has 110 valence electrons. The first-order valence-electron chi connectivity index (χ1n) is 5.37. The number of nitrogens with one attached hydrogen (secondary N) is 1. The Hall–Kier alpha value is -1.71. The van der Waals surface area contributed by atoms with Crippen molar-refractivity contribution in [2.75, 3.05) is 13.2 Å². The van der Waals surface area contributed by atoms with Crippen LogP contribution in [-0.4, -0.2) is 32.5 Å². The van der Waals surface area contributed by atoms with E-state index in [1.807, 2.05) is 4.72 Å². The number of halogens is 1. The molecule has 1 rings (SSSR count). The molecule has 0 radical (unpaired) electrons. The number of hydrogen-bond donors (Lipinski definition) is 1. The molecule has 0 aromatic heterocycles. The van der Waals surface area contributed by atoms with Crippen LogP contribution in [0.2, 0.25) is 5.02 Å². The molecule has 0 spiro atoms. The number of esters is 1. The van der Waals surface area contributed by atoms with Crippen molar-refractivity contribution in [3.63, 3.8) is 0 Å². The number of nitrogens with zero attached hydrogens (tertiary/aromatic N) is 1. The van der Waals surface area contributed by atoms with Gasteiger partial charge in [-0.15, -0.1) is 0 Å². The number of rotatable bonds is 6. The van der Waals surface area contributed by atoms with Crippen LogP contribution in [0, 0.1) is 10.1 Å². The van der Waals surface area contributed by atoms with E-state index in [0.29, 0.717) is 0 Å². The number of benzene rings is 1. The highest BCUT2D eigenvalue weighted by Crippen LogP contribution is 2.25. The van der Waals surface area contributed by atoms with Crippen LogP contribution in [0.1, 0.15) is 6.92 Å². The summed E-state index contributed by atoms with van der Waals surface area (Å²) in [5.74, 6) is -0.766.